The number of anilines is 1. The summed E-state index contributed by atoms with van der Waals surface area (Å²) in [6, 6.07) is 12.0. The summed E-state index contributed by atoms with van der Waals surface area (Å²) in [5, 5.41) is 13.3. The van der Waals surface area contributed by atoms with Gasteiger partial charge in [0, 0.05) is 30.1 Å². The third-order valence-electron chi connectivity index (χ3n) is 3.98. The number of H-pyrrole nitrogens is 1. The number of hydrogen-bond donors (Lipinski definition) is 3. The van der Waals surface area contributed by atoms with Gasteiger partial charge in [0.15, 0.2) is 5.82 Å². The van der Waals surface area contributed by atoms with Crippen LogP contribution in [0.25, 0.3) is 11.6 Å². The van der Waals surface area contributed by atoms with Crippen LogP contribution in [0.15, 0.2) is 47.6 Å². The van der Waals surface area contributed by atoms with E-state index in [-0.39, 0.29) is 5.88 Å². The fraction of sp³-hybridized carbons (Fsp3) is 0.105. The molecule has 0 fully saturated rings. The molecular formula is C19H17N5O. The van der Waals surface area contributed by atoms with Gasteiger partial charge in [-0.05, 0) is 30.7 Å². The van der Waals surface area contributed by atoms with Crippen molar-refractivity contribution in [2.45, 2.75) is 13.5 Å². The highest BCUT2D eigenvalue weighted by Gasteiger charge is 2.14. The zero-order valence-electron chi connectivity index (χ0n) is 13.7. The van der Waals surface area contributed by atoms with E-state index in [1.807, 2.05) is 30.3 Å². The molecule has 0 unspecified atom stereocenters. The average Bonchev–Trinajstić information content (AvgIpc) is 3.18. The number of benzene rings is 1. The minimum atomic E-state index is -0.0509. The lowest BCUT2D eigenvalue weighted by Crippen LogP contribution is -2.01. The second-order valence-electron chi connectivity index (χ2n) is 5.90. The highest BCUT2D eigenvalue weighted by molar-refractivity contribution is 6.20. The molecule has 0 atom stereocenters. The highest BCUT2D eigenvalue weighted by atomic mass is 16.3. The molecule has 2 aromatic heterocycles. The Morgan fingerprint density at radius 1 is 1.24 bits per heavy atom. The van der Waals surface area contributed by atoms with Gasteiger partial charge in [-0.3, -0.25) is 0 Å². The van der Waals surface area contributed by atoms with Crippen molar-refractivity contribution in [3.05, 3.63) is 65.0 Å². The number of nitrogens with zero attached hydrogens (tertiary/aromatic N) is 3. The standard InChI is InChI=1S/C19H17N5O/c1-12-4-2-5-13(8-12)10-22-19-23-16(18(25)24-19)9-14-11-21-17-15(14)6-3-7-20-17/h2-9,11,25H,10H2,1H3,(H2,22,23,24)/b14-9-. The van der Waals surface area contributed by atoms with Gasteiger partial charge < -0.3 is 15.4 Å². The van der Waals surface area contributed by atoms with Crippen LogP contribution in [-0.4, -0.2) is 26.3 Å². The van der Waals surface area contributed by atoms with Gasteiger partial charge in [-0.15, -0.1) is 0 Å². The van der Waals surface area contributed by atoms with Gasteiger partial charge in [0.25, 0.3) is 0 Å². The molecule has 0 aliphatic carbocycles. The van der Waals surface area contributed by atoms with Crippen molar-refractivity contribution in [1.29, 1.82) is 0 Å². The molecule has 3 N–H and O–H groups in total. The Labute approximate surface area is 145 Å². The lowest BCUT2D eigenvalue weighted by molar-refractivity contribution is 0.455. The summed E-state index contributed by atoms with van der Waals surface area (Å²) in [6.07, 6.45) is 5.26. The maximum absolute atomic E-state index is 10.1. The molecule has 0 saturated carbocycles. The third kappa shape index (κ3) is 3.14. The fourth-order valence-corrected chi connectivity index (χ4v) is 2.77. The van der Waals surface area contributed by atoms with Crippen LogP contribution >= 0.6 is 0 Å². The van der Waals surface area contributed by atoms with Gasteiger partial charge >= 0.3 is 0 Å². The van der Waals surface area contributed by atoms with Gasteiger partial charge in [0.05, 0.1) is 0 Å². The molecule has 0 radical (unpaired) electrons. The largest absolute Gasteiger partial charge is 0.492 e. The van der Waals surface area contributed by atoms with E-state index in [0.29, 0.717) is 24.0 Å². The number of aryl methyl sites for hydroxylation is 1. The highest BCUT2D eigenvalue weighted by Crippen LogP contribution is 2.31. The summed E-state index contributed by atoms with van der Waals surface area (Å²) in [7, 11) is 0. The molecule has 0 spiro atoms. The quantitative estimate of drug-likeness (QED) is 0.680. The molecule has 6 heteroatoms. The van der Waals surface area contributed by atoms with Crippen LogP contribution in [0.3, 0.4) is 0 Å². The first-order valence-electron chi connectivity index (χ1n) is 7.98. The number of nitrogens with one attached hydrogen (secondary N) is 2. The average molecular weight is 331 g/mol. The number of fused-ring (bicyclic) bond motifs is 1. The SMILES string of the molecule is Cc1cccc(CNc2nc(O)c(/C=C3/C=Nc4ncccc43)[nH]2)c1. The Hall–Kier alpha value is -3.41. The van der Waals surface area contributed by atoms with E-state index in [0.717, 1.165) is 16.7 Å². The van der Waals surface area contributed by atoms with Gasteiger partial charge in [0.2, 0.25) is 11.8 Å². The first kappa shape index (κ1) is 15.1. The van der Waals surface area contributed by atoms with E-state index in [2.05, 4.69) is 44.3 Å². The summed E-state index contributed by atoms with van der Waals surface area (Å²) in [5.74, 6) is 1.16. The van der Waals surface area contributed by atoms with Crippen LogP contribution in [0.5, 0.6) is 5.88 Å². The van der Waals surface area contributed by atoms with Crippen molar-refractivity contribution in [1.82, 2.24) is 15.0 Å². The third-order valence-corrected chi connectivity index (χ3v) is 3.98. The lowest BCUT2D eigenvalue weighted by atomic mass is 10.1. The second-order valence-corrected chi connectivity index (χ2v) is 5.90. The fourth-order valence-electron chi connectivity index (χ4n) is 2.77. The number of aliphatic imine (C=N–C) groups is 1. The molecule has 25 heavy (non-hydrogen) atoms. The molecule has 0 bridgehead atoms. The van der Waals surface area contributed by atoms with Crippen molar-refractivity contribution in [2.75, 3.05) is 5.32 Å². The van der Waals surface area contributed by atoms with Crippen LogP contribution in [0.1, 0.15) is 22.4 Å². The van der Waals surface area contributed by atoms with Crippen molar-refractivity contribution >= 4 is 29.6 Å². The van der Waals surface area contributed by atoms with Gasteiger partial charge in [-0.1, -0.05) is 29.8 Å². The topological polar surface area (TPSA) is 86.2 Å². The van der Waals surface area contributed by atoms with Crippen LogP contribution in [-0.2, 0) is 6.54 Å². The van der Waals surface area contributed by atoms with Crippen LogP contribution in [0.4, 0.5) is 11.8 Å². The van der Waals surface area contributed by atoms with E-state index in [1.165, 1.54) is 5.56 Å². The predicted molar refractivity (Wildman–Crippen MR) is 99.0 cm³/mol. The zero-order valence-corrected chi connectivity index (χ0v) is 13.7. The number of imidazole rings is 1. The maximum Gasteiger partial charge on any atom is 0.238 e. The molecule has 6 nitrogen and oxygen atoms in total. The maximum atomic E-state index is 10.1. The molecular weight excluding hydrogens is 314 g/mol. The summed E-state index contributed by atoms with van der Waals surface area (Å²) in [6.45, 7) is 2.68. The van der Waals surface area contributed by atoms with Crippen LogP contribution < -0.4 is 5.32 Å². The first-order chi connectivity index (χ1) is 12.2. The van der Waals surface area contributed by atoms with Crippen molar-refractivity contribution in [2.24, 2.45) is 4.99 Å². The van der Waals surface area contributed by atoms with Gasteiger partial charge in [-0.25, -0.2) is 9.98 Å². The number of aromatic hydroxyl groups is 1. The summed E-state index contributed by atoms with van der Waals surface area (Å²) in [4.78, 5) is 15.7. The van der Waals surface area contributed by atoms with Crippen molar-refractivity contribution < 1.29 is 5.11 Å². The first-order valence-corrected chi connectivity index (χ1v) is 7.98. The van der Waals surface area contributed by atoms with Gasteiger partial charge in [0.1, 0.15) is 5.69 Å². The number of hydrogen-bond acceptors (Lipinski definition) is 5. The summed E-state index contributed by atoms with van der Waals surface area (Å²) in [5.41, 5.74) is 4.71. The van der Waals surface area contributed by atoms with Gasteiger partial charge in [-0.2, -0.15) is 4.98 Å². The smallest absolute Gasteiger partial charge is 0.238 e. The lowest BCUT2D eigenvalue weighted by Gasteiger charge is -2.03. The Balaban J connectivity index is 1.53. The van der Waals surface area contributed by atoms with Crippen LogP contribution in [0, 0.1) is 6.92 Å². The molecule has 1 aromatic carbocycles. The monoisotopic (exact) mass is 331 g/mol. The van der Waals surface area contributed by atoms with Crippen LogP contribution in [0.2, 0.25) is 0 Å². The predicted octanol–water partition coefficient (Wildman–Crippen LogP) is 3.69. The second kappa shape index (κ2) is 6.24. The molecule has 1 aliphatic heterocycles. The van der Waals surface area contributed by atoms with E-state index in [9.17, 15) is 5.11 Å². The molecule has 3 aromatic rings. The number of aromatic amines is 1. The van der Waals surface area contributed by atoms with Crippen molar-refractivity contribution in [3.8, 4) is 5.88 Å². The summed E-state index contributed by atoms with van der Waals surface area (Å²) < 4.78 is 0. The zero-order chi connectivity index (χ0) is 17.2. The molecule has 0 amide bonds. The summed E-state index contributed by atoms with van der Waals surface area (Å²) >= 11 is 0. The number of aromatic nitrogens is 3. The normalized spacial score (nSPS) is 14.0. The van der Waals surface area contributed by atoms with E-state index in [1.54, 1.807) is 12.4 Å². The minimum Gasteiger partial charge on any atom is -0.492 e. The minimum absolute atomic E-state index is 0.0509. The molecule has 4 rings (SSSR count). The number of rotatable bonds is 4. The Kier molecular flexibility index (Phi) is 3.78. The number of allylic oxidation sites excluding steroid dienone is 1. The van der Waals surface area contributed by atoms with E-state index >= 15 is 0 Å². The van der Waals surface area contributed by atoms with E-state index < -0.39 is 0 Å². The Morgan fingerprint density at radius 3 is 3.04 bits per heavy atom. The molecule has 1 aliphatic rings. The Morgan fingerprint density at radius 2 is 2.16 bits per heavy atom. The molecule has 124 valence electrons. The van der Waals surface area contributed by atoms with E-state index in [4.69, 9.17) is 0 Å². The molecule has 0 saturated heterocycles. The van der Waals surface area contributed by atoms with Crippen molar-refractivity contribution in [3.63, 3.8) is 0 Å². The molecule has 3 heterocycles. The number of pyridine rings is 1. The Bertz CT molecular complexity index is 987.